The van der Waals surface area contributed by atoms with Crippen LogP contribution in [0.4, 0.5) is 0 Å². The summed E-state index contributed by atoms with van der Waals surface area (Å²) in [4.78, 5) is 1.53. The van der Waals surface area contributed by atoms with Crippen molar-refractivity contribution in [2.75, 3.05) is 0 Å². The molecule has 0 N–H and O–H groups in total. The largest absolute Gasteiger partial charge is 0.156 e. The Morgan fingerprint density at radius 3 is 2.00 bits per heavy atom. The van der Waals surface area contributed by atoms with Crippen molar-refractivity contribution in [2.45, 2.75) is 27.7 Å². The topological polar surface area (TPSA) is 30.7 Å². The molecule has 0 saturated carbocycles. The minimum Gasteiger partial charge on any atom is -0.156 e. The van der Waals surface area contributed by atoms with Gasteiger partial charge in [0.05, 0.1) is 11.9 Å². The van der Waals surface area contributed by atoms with Gasteiger partial charge in [0.15, 0.2) is 0 Å². The predicted octanol–water partition coefficient (Wildman–Crippen LogP) is 4.74. The molecule has 1 aromatic carbocycles. The zero-order valence-electron chi connectivity index (χ0n) is 10.5. The quantitative estimate of drug-likeness (QED) is 0.760. The van der Waals surface area contributed by atoms with Gasteiger partial charge in [-0.3, -0.25) is 0 Å². The molecule has 0 saturated heterocycles. The van der Waals surface area contributed by atoms with Crippen LogP contribution in [0.5, 0.6) is 0 Å². The summed E-state index contributed by atoms with van der Waals surface area (Å²) in [7, 11) is 0. The van der Waals surface area contributed by atoms with Crippen molar-refractivity contribution < 1.29 is 0 Å². The van der Waals surface area contributed by atoms with Gasteiger partial charge in [0.2, 0.25) is 0 Å². The zero-order chi connectivity index (χ0) is 13.3. The van der Waals surface area contributed by atoms with E-state index in [1.54, 1.807) is 18.3 Å². The van der Waals surface area contributed by atoms with Gasteiger partial charge < -0.3 is 0 Å². The van der Waals surface area contributed by atoms with Crippen LogP contribution in [0.25, 0.3) is 5.69 Å². The molecule has 0 unspecified atom stereocenters. The lowest BCUT2D eigenvalue weighted by atomic mass is 10.3. The fraction of sp³-hybridized carbons (Fsp3) is 0.333. The number of benzene rings is 1. The van der Waals surface area contributed by atoms with Gasteiger partial charge in [-0.15, -0.1) is 5.10 Å². The second-order valence-corrected chi connectivity index (χ2v) is 3.68. The molecule has 5 heteroatoms. The van der Waals surface area contributed by atoms with Gasteiger partial charge in [-0.2, -0.15) is 9.90 Å². The van der Waals surface area contributed by atoms with Gasteiger partial charge in [0, 0.05) is 5.02 Å². The van der Waals surface area contributed by atoms with Gasteiger partial charge in [0.1, 0.15) is 4.60 Å². The average Bonchev–Trinajstić information content (AvgIpc) is 2.82. The molecule has 1 aromatic heterocycles. The number of halogens is 2. The Kier molecular flexibility index (Phi) is 8.72. The molecule has 3 nitrogen and oxygen atoms in total. The van der Waals surface area contributed by atoms with E-state index in [2.05, 4.69) is 26.1 Å². The molecule has 2 aromatic rings. The third-order valence-electron chi connectivity index (χ3n) is 1.52. The first-order chi connectivity index (χ1) is 8.25. The Bertz CT molecular complexity index is 412. The maximum atomic E-state index is 5.75. The molecule has 0 radical (unpaired) electrons. The van der Waals surface area contributed by atoms with E-state index in [0.29, 0.717) is 9.63 Å². The lowest BCUT2D eigenvalue weighted by molar-refractivity contribution is 0.748. The van der Waals surface area contributed by atoms with E-state index in [4.69, 9.17) is 11.6 Å². The van der Waals surface area contributed by atoms with Gasteiger partial charge in [-0.1, -0.05) is 39.3 Å². The van der Waals surface area contributed by atoms with Crippen molar-refractivity contribution >= 4 is 27.5 Å². The molecule has 0 fully saturated rings. The summed E-state index contributed by atoms with van der Waals surface area (Å²) >= 11 is 8.97. The molecular weight excluding hydrogens is 302 g/mol. The van der Waals surface area contributed by atoms with Crippen molar-refractivity contribution in [1.82, 2.24) is 15.0 Å². The average molecular weight is 319 g/mol. The molecule has 0 aliphatic rings. The smallest absolute Gasteiger partial charge is 0.148 e. The Labute approximate surface area is 116 Å². The monoisotopic (exact) mass is 317 g/mol. The van der Waals surface area contributed by atoms with Crippen LogP contribution in [0.2, 0.25) is 5.02 Å². The van der Waals surface area contributed by atoms with Gasteiger partial charge in [-0.05, 0) is 40.2 Å². The summed E-state index contributed by atoms with van der Waals surface area (Å²) in [5, 5.41) is 8.82. The van der Waals surface area contributed by atoms with Crippen LogP contribution in [-0.2, 0) is 0 Å². The van der Waals surface area contributed by atoms with Crippen molar-refractivity contribution in [3.63, 3.8) is 0 Å². The van der Waals surface area contributed by atoms with E-state index in [-0.39, 0.29) is 0 Å². The van der Waals surface area contributed by atoms with Gasteiger partial charge in [-0.25, -0.2) is 0 Å². The molecule has 1 heterocycles. The summed E-state index contributed by atoms with van der Waals surface area (Å²) in [6.45, 7) is 8.00. The molecule has 94 valence electrons. The maximum absolute atomic E-state index is 5.75. The first-order valence-electron chi connectivity index (χ1n) is 5.59. The maximum Gasteiger partial charge on any atom is 0.148 e. The Morgan fingerprint density at radius 1 is 1.06 bits per heavy atom. The Balaban J connectivity index is 0.000000581. The lowest BCUT2D eigenvalue weighted by Crippen LogP contribution is -1.97. The molecule has 0 aliphatic carbocycles. The van der Waals surface area contributed by atoms with E-state index < -0.39 is 0 Å². The highest BCUT2D eigenvalue weighted by Gasteiger charge is 1.99. The second-order valence-electron chi connectivity index (χ2n) is 2.43. The number of hydrogen-bond acceptors (Lipinski definition) is 2. The molecule has 17 heavy (non-hydrogen) atoms. The highest BCUT2D eigenvalue weighted by atomic mass is 79.9. The molecule has 0 aliphatic heterocycles. The summed E-state index contributed by atoms with van der Waals surface area (Å²) in [6, 6.07) is 7.31. The SMILES string of the molecule is CC.CC.Clc1ccc(-n2ncc(Br)n2)cc1. The van der Waals surface area contributed by atoms with Crippen LogP contribution >= 0.6 is 27.5 Å². The molecule has 0 spiro atoms. The van der Waals surface area contributed by atoms with Crippen LogP contribution in [0.3, 0.4) is 0 Å². The summed E-state index contributed by atoms with van der Waals surface area (Å²) < 4.78 is 0.711. The van der Waals surface area contributed by atoms with Crippen LogP contribution in [-0.4, -0.2) is 15.0 Å². The Morgan fingerprint density at radius 2 is 1.59 bits per heavy atom. The van der Waals surface area contributed by atoms with E-state index >= 15 is 0 Å². The summed E-state index contributed by atoms with van der Waals surface area (Å²) in [6.07, 6.45) is 1.63. The van der Waals surface area contributed by atoms with E-state index in [1.165, 1.54) is 4.80 Å². The molecule has 0 bridgehead atoms. The van der Waals surface area contributed by atoms with Gasteiger partial charge in [0.25, 0.3) is 0 Å². The number of nitrogens with zero attached hydrogens (tertiary/aromatic N) is 3. The van der Waals surface area contributed by atoms with Crippen LogP contribution in [0.1, 0.15) is 27.7 Å². The third kappa shape index (κ3) is 5.33. The standard InChI is InChI=1S/C8H5BrClN3.2C2H6/c9-8-5-11-13(12-8)7-3-1-6(10)2-4-7;2*1-2/h1-5H;2*1-2H3. The highest BCUT2D eigenvalue weighted by Crippen LogP contribution is 2.12. The fourth-order valence-electron chi connectivity index (χ4n) is 0.943. The van der Waals surface area contributed by atoms with Gasteiger partial charge >= 0.3 is 0 Å². The Hall–Kier alpha value is -0.870. The van der Waals surface area contributed by atoms with Crippen LogP contribution in [0.15, 0.2) is 35.1 Å². The van der Waals surface area contributed by atoms with Crippen LogP contribution < -0.4 is 0 Å². The lowest BCUT2D eigenvalue weighted by Gasteiger charge is -1.97. The zero-order valence-corrected chi connectivity index (χ0v) is 12.8. The molecular formula is C12H17BrClN3. The summed E-state index contributed by atoms with van der Waals surface area (Å²) in [5.74, 6) is 0. The number of aromatic nitrogens is 3. The molecule has 0 amide bonds. The first kappa shape index (κ1) is 16.1. The van der Waals surface area contributed by atoms with Crippen molar-refractivity contribution in [2.24, 2.45) is 0 Å². The first-order valence-corrected chi connectivity index (χ1v) is 6.76. The van der Waals surface area contributed by atoms with Crippen molar-refractivity contribution in [3.05, 3.63) is 40.1 Å². The minimum absolute atomic E-state index is 0.704. The summed E-state index contributed by atoms with van der Waals surface area (Å²) in [5.41, 5.74) is 0.884. The fourth-order valence-corrected chi connectivity index (χ4v) is 1.31. The van der Waals surface area contributed by atoms with E-state index in [1.807, 2.05) is 39.8 Å². The number of hydrogen-bond donors (Lipinski definition) is 0. The molecule has 0 atom stereocenters. The number of rotatable bonds is 1. The van der Waals surface area contributed by atoms with Crippen LogP contribution in [0, 0.1) is 0 Å². The van der Waals surface area contributed by atoms with Crippen molar-refractivity contribution in [3.8, 4) is 5.69 Å². The second kappa shape index (κ2) is 9.19. The normalized spacial score (nSPS) is 8.59. The van der Waals surface area contributed by atoms with E-state index in [0.717, 1.165) is 5.69 Å². The predicted molar refractivity (Wildman–Crippen MR) is 76.8 cm³/mol. The highest BCUT2D eigenvalue weighted by molar-refractivity contribution is 9.10. The molecule has 2 rings (SSSR count). The van der Waals surface area contributed by atoms with Crippen molar-refractivity contribution in [1.29, 1.82) is 0 Å². The van der Waals surface area contributed by atoms with E-state index in [9.17, 15) is 0 Å². The third-order valence-corrected chi connectivity index (χ3v) is 2.14. The minimum atomic E-state index is 0.704.